The molecule has 4 atom stereocenters. The molecule has 0 amide bonds. The molecule has 144 valence electrons. The Kier molecular flexibility index (Phi) is 5.52. The molecule has 2 aromatic carbocycles. The van der Waals surface area contributed by atoms with Crippen molar-refractivity contribution in [3.63, 3.8) is 0 Å². The van der Waals surface area contributed by atoms with Gasteiger partial charge in [0.1, 0.15) is 0 Å². The van der Waals surface area contributed by atoms with Gasteiger partial charge in [-0.15, -0.1) is 0 Å². The highest BCUT2D eigenvalue weighted by Crippen LogP contribution is 2.48. The van der Waals surface area contributed by atoms with E-state index in [-0.39, 0.29) is 5.97 Å². The first-order valence-corrected chi connectivity index (χ1v) is 10.8. The summed E-state index contributed by atoms with van der Waals surface area (Å²) in [6, 6.07) is 12.7. The van der Waals surface area contributed by atoms with Gasteiger partial charge in [-0.1, -0.05) is 50.5 Å². The number of methoxy groups -OCH3 is 1. The second kappa shape index (κ2) is 8.04. The first kappa shape index (κ1) is 18.5. The van der Waals surface area contributed by atoms with E-state index in [2.05, 4.69) is 31.2 Å². The minimum Gasteiger partial charge on any atom is -0.465 e. The van der Waals surface area contributed by atoms with Crippen LogP contribution in [0, 0.1) is 17.8 Å². The minimum absolute atomic E-state index is 0.266. The first-order chi connectivity index (χ1) is 13.2. The van der Waals surface area contributed by atoms with Gasteiger partial charge < -0.3 is 4.74 Å². The molecular formula is C25H32O2. The maximum atomic E-state index is 11.7. The maximum absolute atomic E-state index is 11.7. The molecule has 0 saturated heterocycles. The highest BCUT2D eigenvalue weighted by atomic mass is 16.5. The number of rotatable bonds is 4. The monoisotopic (exact) mass is 364 g/mol. The number of carbonyl (C=O) groups is 1. The van der Waals surface area contributed by atoms with Gasteiger partial charge in [0, 0.05) is 0 Å². The summed E-state index contributed by atoms with van der Waals surface area (Å²) >= 11 is 0. The predicted molar refractivity (Wildman–Crippen MR) is 111 cm³/mol. The zero-order chi connectivity index (χ0) is 18.8. The van der Waals surface area contributed by atoms with Crippen LogP contribution in [-0.2, 0) is 4.74 Å². The molecule has 2 fully saturated rings. The van der Waals surface area contributed by atoms with Crippen LogP contribution in [0.4, 0.5) is 0 Å². The van der Waals surface area contributed by atoms with Crippen molar-refractivity contribution in [2.45, 2.75) is 64.2 Å². The summed E-state index contributed by atoms with van der Waals surface area (Å²) in [7, 11) is 1.43. The smallest absolute Gasteiger partial charge is 0.337 e. The number of fused-ring (bicyclic) bond motifs is 2. The Morgan fingerprint density at radius 2 is 1.70 bits per heavy atom. The molecular weight excluding hydrogens is 332 g/mol. The average molecular weight is 365 g/mol. The number of hydrogen-bond acceptors (Lipinski definition) is 2. The summed E-state index contributed by atoms with van der Waals surface area (Å²) in [6.07, 6.45) is 11.3. The molecule has 4 rings (SSSR count). The van der Waals surface area contributed by atoms with Gasteiger partial charge in [0.05, 0.1) is 12.7 Å². The van der Waals surface area contributed by atoms with E-state index in [0.29, 0.717) is 11.5 Å². The zero-order valence-corrected chi connectivity index (χ0v) is 16.7. The molecule has 2 nitrogen and oxygen atoms in total. The quantitative estimate of drug-likeness (QED) is 0.562. The molecule has 0 spiro atoms. The lowest BCUT2D eigenvalue weighted by Gasteiger charge is -2.42. The number of carbonyl (C=O) groups excluding carboxylic acids is 1. The van der Waals surface area contributed by atoms with Crippen LogP contribution in [0.3, 0.4) is 0 Å². The third-order valence-corrected chi connectivity index (χ3v) is 7.18. The van der Waals surface area contributed by atoms with Crippen molar-refractivity contribution in [1.82, 2.24) is 0 Å². The van der Waals surface area contributed by atoms with Crippen molar-refractivity contribution in [3.8, 4) is 0 Å². The van der Waals surface area contributed by atoms with Crippen LogP contribution in [0.1, 0.15) is 80.1 Å². The van der Waals surface area contributed by atoms with Crippen LogP contribution >= 0.6 is 0 Å². The molecule has 4 unspecified atom stereocenters. The Balaban J connectivity index is 1.48. The SMILES string of the molecule is CCCC1CCC2CC(c3ccc4cc(C(=O)OC)ccc4c3)CCC2C1. The van der Waals surface area contributed by atoms with E-state index in [4.69, 9.17) is 4.74 Å². The van der Waals surface area contributed by atoms with Gasteiger partial charge in [0.25, 0.3) is 0 Å². The van der Waals surface area contributed by atoms with Crippen molar-refractivity contribution >= 4 is 16.7 Å². The Hall–Kier alpha value is -1.83. The lowest BCUT2D eigenvalue weighted by atomic mass is 9.63. The fraction of sp³-hybridized carbons (Fsp3) is 0.560. The molecule has 2 aromatic rings. The van der Waals surface area contributed by atoms with E-state index < -0.39 is 0 Å². The topological polar surface area (TPSA) is 26.3 Å². The van der Waals surface area contributed by atoms with Crippen LogP contribution in [0.2, 0.25) is 0 Å². The molecule has 2 heteroatoms. The van der Waals surface area contributed by atoms with Crippen LogP contribution in [0.25, 0.3) is 10.8 Å². The van der Waals surface area contributed by atoms with Crippen molar-refractivity contribution in [1.29, 1.82) is 0 Å². The lowest BCUT2D eigenvalue weighted by molar-refractivity contribution is 0.0601. The number of hydrogen-bond donors (Lipinski definition) is 0. The van der Waals surface area contributed by atoms with Gasteiger partial charge in [-0.2, -0.15) is 0 Å². The van der Waals surface area contributed by atoms with Gasteiger partial charge in [0.15, 0.2) is 0 Å². The summed E-state index contributed by atoms with van der Waals surface area (Å²) in [6.45, 7) is 2.33. The average Bonchev–Trinajstić information content (AvgIpc) is 2.72. The zero-order valence-electron chi connectivity index (χ0n) is 16.7. The Morgan fingerprint density at radius 1 is 0.963 bits per heavy atom. The molecule has 2 saturated carbocycles. The number of benzene rings is 2. The fourth-order valence-electron chi connectivity index (χ4n) is 5.72. The summed E-state index contributed by atoms with van der Waals surface area (Å²) < 4.78 is 4.84. The predicted octanol–water partition coefficient (Wildman–Crippen LogP) is 6.73. The van der Waals surface area contributed by atoms with E-state index >= 15 is 0 Å². The highest BCUT2D eigenvalue weighted by Gasteiger charge is 2.35. The summed E-state index contributed by atoms with van der Waals surface area (Å²) in [5.41, 5.74) is 2.12. The van der Waals surface area contributed by atoms with Gasteiger partial charge in [-0.3, -0.25) is 0 Å². The minimum atomic E-state index is -0.266. The second-order valence-electron chi connectivity index (χ2n) is 8.81. The molecule has 0 heterocycles. The molecule has 2 aliphatic carbocycles. The van der Waals surface area contributed by atoms with Crippen LogP contribution in [0.5, 0.6) is 0 Å². The summed E-state index contributed by atoms with van der Waals surface area (Å²) in [5.74, 6) is 3.36. The first-order valence-electron chi connectivity index (χ1n) is 10.8. The van der Waals surface area contributed by atoms with Crippen LogP contribution in [0.15, 0.2) is 36.4 Å². The normalized spacial score (nSPS) is 27.9. The number of esters is 1. The van der Waals surface area contributed by atoms with Crippen LogP contribution in [-0.4, -0.2) is 13.1 Å². The van der Waals surface area contributed by atoms with Gasteiger partial charge >= 0.3 is 5.97 Å². The number of ether oxygens (including phenoxy) is 1. The largest absolute Gasteiger partial charge is 0.465 e. The van der Waals surface area contributed by atoms with E-state index in [1.807, 2.05) is 12.1 Å². The molecule has 0 bridgehead atoms. The van der Waals surface area contributed by atoms with E-state index in [1.54, 1.807) is 0 Å². The van der Waals surface area contributed by atoms with Gasteiger partial charge in [-0.25, -0.2) is 4.79 Å². The lowest BCUT2D eigenvalue weighted by Crippen LogP contribution is -2.30. The van der Waals surface area contributed by atoms with E-state index in [9.17, 15) is 4.79 Å². The molecule has 0 aromatic heterocycles. The van der Waals surface area contributed by atoms with Crippen molar-refractivity contribution in [3.05, 3.63) is 47.5 Å². The second-order valence-corrected chi connectivity index (χ2v) is 8.81. The molecule has 2 aliphatic rings. The Morgan fingerprint density at radius 3 is 2.52 bits per heavy atom. The van der Waals surface area contributed by atoms with Gasteiger partial charge in [-0.05, 0) is 84.2 Å². The molecule has 27 heavy (non-hydrogen) atoms. The molecule has 0 radical (unpaired) electrons. The third kappa shape index (κ3) is 3.90. The standard InChI is InChI=1S/C25H32O2/c1-3-4-17-5-6-19-14-20(8-7-18(19)13-17)21-9-10-23-16-24(25(26)27-2)12-11-22(23)15-21/h9-12,15-20H,3-8,13-14H2,1-2H3. The van der Waals surface area contributed by atoms with Crippen LogP contribution < -0.4 is 0 Å². The summed E-state index contributed by atoms with van der Waals surface area (Å²) in [5, 5.41) is 2.35. The Labute approximate surface area is 163 Å². The van der Waals surface area contributed by atoms with Crippen molar-refractivity contribution < 1.29 is 9.53 Å². The van der Waals surface area contributed by atoms with Crippen molar-refractivity contribution in [2.24, 2.45) is 17.8 Å². The summed E-state index contributed by atoms with van der Waals surface area (Å²) in [4.78, 5) is 11.7. The highest BCUT2D eigenvalue weighted by molar-refractivity contribution is 5.95. The van der Waals surface area contributed by atoms with E-state index in [0.717, 1.165) is 23.1 Å². The van der Waals surface area contributed by atoms with Crippen molar-refractivity contribution in [2.75, 3.05) is 7.11 Å². The van der Waals surface area contributed by atoms with E-state index in [1.165, 1.54) is 69.4 Å². The fourth-order valence-corrected chi connectivity index (χ4v) is 5.72. The molecule has 0 N–H and O–H groups in total. The van der Waals surface area contributed by atoms with Gasteiger partial charge in [0.2, 0.25) is 0 Å². The Bertz CT molecular complexity index is 809. The molecule has 0 aliphatic heterocycles. The third-order valence-electron chi connectivity index (χ3n) is 7.18. The maximum Gasteiger partial charge on any atom is 0.337 e.